The third-order valence-corrected chi connectivity index (χ3v) is 9.40. The molecular weight excluding hydrogens is 593 g/mol. The Morgan fingerprint density at radius 2 is 1.09 bits per heavy atom. The number of unbranched alkanes of at least 4 members (excludes halogenated alkanes) is 15. The minimum atomic E-state index is -5.03. The maximum atomic E-state index is 12.7. The Bertz CT molecular complexity index is 776. The number of carbonyl (C=O) groups excluding carboxylic acids is 1. The molecular formula is C31H62NO11P. The molecule has 0 saturated heterocycles. The third kappa shape index (κ3) is 16.8. The van der Waals surface area contributed by atoms with Crippen molar-refractivity contribution in [3.8, 4) is 0 Å². The Morgan fingerprint density at radius 3 is 1.57 bits per heavy atom. The number of amides is 1. The fourth-order valence-electron chi connectivity index (χ4n) is 5.49. The van der Waals surface area contributed by atoms with Crippen molar-refractivity contribution in [2.45, 2.75) is 185 Å². The van der Waals surface area contributed by atoms with Crippen LogP contribution in [0.5, 0.6) is 0 Å². The first kappa shape index (κ1) is 41.4. The van der Waals surface area contributed by atoms with E-state index in [4.69, 9.17) is 9.05 Å². The number of rotatable bonds is 26. The molecule has 0 radical (unpaired) electrons. The zero-order chi connectivity index (χ0) is 33.0. The molecule has 1 aliphatic carbocycles. The van der Waals surface area contributed by atoms with E-state index in [-0.39, 0.29) is 12.3 Å². The molecule has 0 aromatic heterocycles. The van der Waals surface area contributed by atoms with Crippen LogP contribution in [0.15, 0.2) is 0 Å². The number of carbonyl (C=O) groups is 1. The minimum Gasteiger partial charge on any atom is -0.391 e. The minimum absolute atomic E-state index is 0.238. The summed E-state index contributed by atoms with van der Waals surface area (Å²) in [7, 11) is -5.03. The number of nitrogens with one attached hydrogen (secondary N) is 1. The molecule has 0 aromatic rings. The highest BCUT2D eigenvalue weighted by Gasteiger charge is 2.51. The summed E-state index contributed by atoms with van der Waals surface area (Å²) in [4.78, 5) is 23.0. The second kappa shape index (κ2) is 23.6. The number of hydrogen-bond donors (Lipinski definition) is 8. The number of aliphatic hydroxyl groups is 6. The first-order valence-corrected chi connectivity index (χ1v) is 18.5. The second-order valence-corrected chi connectivity index (χ2v) is 13.8. The first-order valence-electron chi connectivity index (χ1n) is 17.0. The van der Waals surface area contributed by atoms with E-state index in [1.807, 2.05) is 0 Å². The smallest absolute Gasteiger partial charge is 0.391 e. The van der Waals surface area contributed by atoms with E-state index < -0.39 is 63.2 Å². The second-order valence-electron chi connectivity index (χ2n) is 12.4. The molecule has 12 nitrogen and oxygen atoms in total. The molecule has 9 atom stereocenters. The highest BCUT2D eigenvalue weighted by molar-refractivity contribution is 7.47. The SMILES string of the molecule is CCCCCCCCCCC[C@@H](O)[C@H](COP(=O)(O)OC1C(O)C(O)C(O)[C@@H](O)C1O)NC(=O)CCCCCCCCCC. The van der Waals surface area contributed by atoms with Crippen LogP contribution in [0.3, 0.4) is 0 Å². The number of aliphatic hydroxyl groups excluding tert-OH is 6. The maximum absolute atomic E-state index is 12.7. The quantitative estimate of drug-likeness (QED) is 0.0499. The van der Waals surface area contributed by atoms with E-state index in [0.717, 1.165) is 38.5 Å². The average molecular weight is 656 g/mol. The molecule has 1 fully saturated rings. The van der Waals surface area contributed by atoms with Crippen LogP contribution in [-0.2, 0) is 18.4 Å². The Kier molecular flexibility index (Phi) is 22.2. The summed E-state index contributed by atoms with van der Waals surface area (Å²) in [6.45, 7) is 3.76. The monoisotopic (exact) mass is 655 g/mol. The van der Waals surface area contributed by atoms with E-state index in [0.29, 0.717) is 19.3 Å². The van der Waals surface area contributed by atoms with Crippen molar-refractivity contribution in [3.05, 3.63) is 0 Å². The van der Waals surface area contributed by atoms with Crippen molar-refractivity contribution in [3.63, 3.8) is 0 Å². The van der Waals surface area contributed by atoms with Gasteiger partial charge in [0, 0.05) is 6.42 Å². The normalized spacial score (nSPS) is 26.7. The van der Waals surface area contributed by atoms with Gasteiger partial charge in [0.1, 0.15) is 36.6 Å². The summed E-state index contributed by atoms with van der Waals surface area (Å²) < 4.78 is 22.7. The van der Waals surface area contributed by atoms with E-state index >= 15 is 0 Å². The first-order chi connectivity index (χ1) is 20.9. The zero-order valence-corrected chi connectivity index (χ0v) is 27.9. The third-order valence-electron chi connectivity index (χ3n) is 8.42. The molecule has 1 aliphatic rings. The van der Waals surface area contributed by atoms with Gasteiger partial charge in [0.2, 0.25) is 5.91 Å². The summed E-state index contributed by atoms with van der Waals surface area (Å²) in [5, 5.41) is 63.4. The zero-order valence-electron chi connectivity index (χ0n) is 27.0. The predicted octanol–water partition coefficient (Wildman–Crippen LogP) is 3.60. The van der Waals surface area contributed by atoms with Gasteiger partial charge >= 0.3 is 7.82 Å². The van der Waals surface area contributed by atoms with Crippen LogP contribution in [0.2, 0.25) is 0 Å². The molecule has 44 heavy (non-hydrogen) atoms. The Hall–Kier alpha value is -0.660. The topological polar surface area (TPSA) is 206 Å². The van der Waals surface area contributed by atoms with Crippen molar-refractivity contribution < 1.29 is 53.9 Å². The largest absolute Gasteiger partial charge is 0.472 e. The lowest BCUT2D eigenvalue weighted by Gasteiger charge is -2.41. The molecule has 262 valence electrons. The van der Waals surface area contributed by atoms with Crippen LogP contribution in [0, 0.1) is 0 Å². The fraction of sp³-hybridized carbons (Fsp3) is 0.968. The van der Waals surface area contributed by atoms with E-state index in [1.54, 1.807) is 0 Å². The van der Waals surface area contributed by atoms with Crippen LogP contribution in [0.1, 0.15) is 136 Å². The number of hydrogen-bond acceptors (Lipinski definition) is 10. The van der Waals surface area contributed by atoms with Gasteiger partial charge in [-0.2, -0.15) is 0 Å². The predicted molar refractivity (Wildman–Crippen MR) is 168 cm³/mol. The van der Waals surface area contributed by atoms with Crippen LogP contribution in [0.25, 0.3) is 0 Å². The van der Waals surface area contributed by atoms with Crippen LogP contribution in [-0.4, -0.2) is 96.8 Å². The van der Waals surface area contributed by atoms with Gasteiger partial charge in [0.05, 0.1) is 18.8 Å². The van der Waals surface area contributed by atoms with E-state index in [2.05, 4.69) is 19.2 Å². The van der Waals surface area contributed by atoms with Gasteiger partial charge in [-0.05, 0) is 12.8 Å². The molecule has 1 rings (SSSR count). The average Bonchev–Trinajstić information content (AvgIpc) is 2.99. The van der Waals surface area contributed by atoms with Gasteiger partial charge in [-0.15, -0.1) is 0 Å². The molecule has 0 aromatic carbocycles. The van der Waals surface area contributed by atoms with Crippen molar-refractivity contribution in [2.24, 2.45) is 0 Å². The number of phosphoric ester groups is 1. The molecule has 6 unspecified atom stereocenters. The van der Waals surface area contributed by atoms with Crippen LogP contribution < -0.4 is 5.32 Å². The summed E-state index contributed by atoms with van der Waals surface area (Å²) in [6.07, 6.45) is 6.22. The lowest BCUT2D eigenvalue weighted by atomic mass is 9.85. The van der Waals surface area contributed by atoms with E-state index in [1.165, 1.54) is 57.8 Å². The van der Waals surface area contributed by atoms with Crippen molar-refractivity contribution >= 4 is 13.7 Å². The molecule has 0 heterocycles. The lowest BCUT2D eigenvalue weighted by Crippen LogP contribution is -2.64. The Morgan fingerprint density at radius 1 is 0.682 bits per heavy atom. The van der Waals surface area contributed by atoms with Gasteiger partial charge in [0.25, 0.3) is 0 Å². The van der Waals surface area contributed by atoms with Gasteiger partial charge < -0.3 is 40.8 Å². The lowest BCUT2D eigenvalue weighted by molar-refractivity contribution is -0.220. The van der Waals surface area contributed by atoms with Gasteiger partial charge in [-0.25, -0.2) is 4.57 Å². The molecule has 1 saturated carbocycles. The Balaban J connectivity index is 2.65. The summed E-state index contributed by atoms with van der Waals surface area (Å²) in [6, 6.07) is -1.02. The fourth-order valence-corrected chi connectivity index (χ4v) is 6.46. The van der Waals surface area contributed by atoms with Crippen molar-refractivity contribution in [1.82, 2.24) is 5.32 Å². The summed E-state index contributed by atoms with van der Waals surface area (Å²) in [5.41, 5.74) is 0. The molecule has 0 aliphatic heterocycles. The van der Waals surface area contributed by atoms with Crippen molar-refractivity contribution in [1.29, 1.82) is 0 Å². The highest BCUT2D eigenvalue weighted by Crippen LogP contribution is 2.47. The Labute approximate surface area is 264 Å². The summed E-state index contributed by atoms with van der Waals surface area (Å²) >= 11 is 0. The van der Waals surface area contributed by atoms with Gasteiger partial charge in [-0.3, -0.25) is 13.8 Å². The molecule has 8 N–H and O–H groups in total. The van der Waals surface area contributed by atoms with Crippen LogP contribution >= 0.6 is 7.82 Å². The molecule has 13 heteroatoms. The molecule has 1 amide bonds. The highest BCUT2D eigenvalue weighted by atomic mass is 31.2. The van der Waals surface area contributed by atoms with Crippen LogP contribution in [0.4, 0.5) is 0 Å². The number of phosphoric acid groups is 1. The molecule has 0 bridgehead atoms. The summed E-state index contributed by atoms with van der Waals surface area (Å²) in [5.74, 6) is -0.317. The van der Waals surface area contributed by atoms with Crippen molar-refractivity contribution in [2.75, 3.05) is 6.61 Å². The van der Waals surface area contributed by atoms with E-state index in [9.17, 15) is 44.9 Å². The van der Waals surface area contributed by atoms with Gasteiger partial charge in [-0.1, -0.05) is 117 Å². The standard InChI is InChI=1S/C31H62NO11P/c1-3-5-7-9-11-13-14-16-18-20-24(33)23(32-25(34)21-19-17-15-12-10-8-6-4-2)22-42-44(40,41)43-31-29(38)27(36)26(35)28(37)30(31)39/h23-24,26-31,33,35-39H,3-22H2,1-2H3,(H,32,34)(H,40,41)/t23-,24+,26?,27+,28?,29?,30?,31?/m0/s1. The maximum Gasteiger partial charge on any atom is 0.472 e. The van der Waals surface area contributed by atoms with Gasteiger partial charge in [0.15, 0.2) is 0 Å². The molecule has 0 spiro atoms.